The molecule has 2 aliphatic heterocycles. The Morgan fingerprint density at radius 2 is 2.06 bits per heavy atom. The molecule has 106 valence electrons. The molecule has 0 bridgehead atoms. The highest BCUT2D eigenvalue weighted by molar-refractivity contribution is 4.77. The van der Waals surface area contributed by atoms with Gasteiger partial charge in [0.05, 0.1) is 19.3 Å². The molecule has 0 saturated carbocycles. The molecule has 2 unspecified atom stereocenters. The van der Waals surface area contributed by atoms with E-state index in [-0.39, 0.29) is 0 Å². The van der Waals surface area contributed by atoms with Crippen LogP contribution in [0.15, 0.2) is 0 Å². The molecule has 1 N–H and O–H groups in total. The van der Waals surface area contributed by atoms with Gasteiger partial charge in [-0.1, -0.05) is 6.92 Å². The van der Waals surface area contributed by atoms with Gasteiger partial charge in [0.25, 0.3) is 0 Å². The molecule has 0 aromatic heterocycles. The molecule has 2 aliphatic rings. The average Bonchev–Trinajstić information content (AvgIpc) is 2.87. The molecule has 4 nitrogen and oxygen atoms in total. The van der Waals surface area contributed by atoms with Crippen LogP contribution >= 0.6 is 0 Å². The number of hydrogen-bond acceptors (Lipinski definition) is 4. The van der Waals surface area contributed by atoms with Crippen LogP contribution in [0, 0.1) is 5.92 Å². The van der Waals surface area contributed by atoms with Crippen molar-refractivity contribution in [3.8, 4) is 0 Å². The number of rotatable bonds is 7. The van der Waals surface area contributed by atoms with Crippen molar-refractivity contribution >= 4 is 0 Å². The van der Waals surface area contributed by atoms with Crippen LogP contribution in [0.2, 0.25) is 0 Å². The fourth-order valence-electron chi connectivity index (χ4n) is 2.92. The summed E-state index contributed by atoms with van der Waals surface area (Å²) in [6, 6.07) is 0. The summed E-state index contributed by atoms with van der Waals surface area (Å²) in [5, 5.41) is 3.59. The van der Waals surface area contributed by atoms with Gasteiger partial charge in [-0.15, -0.1) is 0 Å². The zero-order valence-corrected chi connectivity index (χ0v) is 11.7. The van der Waals surface area contributed by atoms with Crippen molar-refractivity contribution in [1.29, 1.82) is 0 Å². The molecule has 2 rings (SSSR count). The van der Waals surface area contributed by atoms with Crippen molar-refractivity contribution in [2.75, 3.05) is 52.5 Å². The van der Waals surface area contributed by atoms with Crippen LogP contribution in [0.3, 0.4) is 0 Å². The van der Waals surface area contributed by atoms with Gasteiger partial charge in [-0.25, -0.2) is 0 Å². The quantitative estimate of drug-likeness (QED) is 0.692. The smallest absolute Gasteiger partial charge is 0.0613 e. The van der Waals surface area contributed by atoms with Crippen molar-refractivity contribution in [1.82, 2.24) is 10.2 Å². The second-order valence-corrected chi connectivity index (χ2v) is 5.38. The summed E-state index contributed by atoms with van der Waals surface area (Å²) < 4.78 is 11.1. The predicted molar refractivity (Wildman–Crippen MR) is 72.9 cm³/mol. The number of morpholine rings is 1. The number of nitrogens with one attached hydrogen (secondary N) is 1. The Hall–Kier alpha value is -0.160. The highest BCUT2D eigenvalue weighted by Gasteiger charge is 2.25. The second kappa shape index (κ2) is 8.10. The van der Waals surface area contributed by atoms with Crippen molar-refractivity contribution in [2.24, 2.45) is 5.92 Å². The Labute approximate surface area is 111 Å². The molecule has 0 amide bonds. The minimum absolute atomic E-state index is 0.497. The van der Waals surface area contributed by atoms with Crippen molar-refractivity contribution in [2.45, 2.75) is 32.3 Å². The summed E-state index contributed by atoms with van der Waals surface area (Å²) in [7, 11) is 0. The first-order valence-electron chi connectivity index (χ1n) is 7.52. The summed E-state index contributed by atoms with van der Waals surface area (Å²) in [6.45, 7) is 10.7. The van der Waals surface area contributed by atoms with Crippen LogP contribution in [-0.2, 0) is 9.47 Å². The van der Waals surface area contributed by atoms with E-state index in [4.69, 9.17) is 9.47 Å². The van der Waals surface area contributed by atoms with Crippen LogP contribution in [0.4, 0.5) is 0 Å². The highest BCUT2D eigenvalue weighted by atomic mass is 16.5. The molecule has 2 saturated heterocycles. The van der Waals surface area contributed by atoms with Gasteiger partial charge in [0.1, 0.15) is 0 Å². The van der Waals surface area contributed by atoms with Gasteiger partial charge in [-0.2, -0.15) is 0 Å². The maximum absolute atomic E-state index is 5.70. The van der Waals surface area contributed by atoms with Crippen LogP contribution in [0.5, 0.6) is 0 Å². The van der Waals surface area contributed by atoms with Gasteiger partial charge in [0.2, 0.25) is 0 Å². The first kappa shape index (κ1) is 14.3. The Morgan fingerprint density at radius 1 is 1.22 bits per heavy atom. The van der Waals surface area contributed by atoms with Gasteiger partial charge >= 0.3 is 0 Å². The molecule has 2 atom stereocenters. The largest absolute Gasteiger partial charge is 0.379 e. The summed E-state index contributed by atoms with van der Waals surface area (Å²) in [5.74, 6) is 0.735. The first-order valence-corrected chi connectivity index (χ1v) is 7.52. The normalized spacial score (nSPS) is 29.8. The summed E-state index contributed by atoms with van der Waals surface area (Å²) in [6.07, 6.45) is 4.12. The van der Waals surface area contributed by atoms with E-state index in [1.54, 1.807) is 0 Å². The van der Waals surface area contributed by atoms with E-state index >= 15 is 0 Å². The molecular weight excluding hydrogens is 228 g/mol. The Balaban J connectivity index is 1.48. The average molecular weight is 256 g/mol. The monoisotopic (exact) mass is 256 g/mol. The summed E-state index contributed by atoms with van der Waals surface area (Å²) >= 11 is 0. The van der Waals surface area contributed by atoms with Gasteiger partial charge in [0, 0.05) is 26.2 Å². The lowest BCUT2D eigenvalue weighted by Gasteiger charge is -2.26. The minimum Gasteiger partial charge on any atom is -0.379 e. The summed E-state index contributed by atoms with van der Waals surface area (Å²) in [4.78, 5) is 2.50. The third-order valence-corrected chi connectivity index (χ3v) is 4.09. The zero-order valence-electron chi connectivity index (χ0n) is 11.7. The van der Waals surface area contributed by atoms with Crippen molar-refractivity contribution in [3.63, 3.8) is 0 Å². The molecule has 0 spiro atoms. The molecule has 0 aliphatic carbocycles. The van der Waals surface area contributed by atoms with E-state index in [1.807, 2.05) is 0 Å². The van der Waals surface area contributed by atoms with E-state index in [2.05, 4.69) is 17.1 Å². The first-order chi connectivity index (χ1) is 8.90. The van der Waals surface area contributed by atoms with E-state index in [0.717, 1.165) is 58.3 Å². The van der Waals surface area contributed by atoms with Crippen LogP contribution in [0.1, 0.15) is 26.2 Å². The Morgan fingerprint density at radius 3 is 2.83 bits per heavy atom. The fraction of sp³-hybridized carbons (Fsp3) is 1.00. The molecule has 2 fully saturated rings. The lowest BCUT2D eigenvalue weighted by molar-refractivity contribution is 0.0373. The van der Waals surface area contributed by atoms with Crippen LogP contribution < -0.4 is 5.32 Å². The zero-order chi connectivity index (χ0) is 12.6. The van der Waals surface area contributed by atoms with Gasteiger partial charge in [0.15, 0.2) is 0 Å². The minimum atomic E-state index is 0.497. The van der Waals surface area contributed by atoms with E-state index in [9.17, 15) is 0 Å². The maximum atomic E-state index is 5.70. The predicted octanol–water partition coefficient (Wildman–Crippen LogP) is 1.11. The SMILES string of the molecule is CCC1OCCC1CNCCCN1CCOCC1. The van der Waals surface area contributed by atoms with Crippen LogP contribution in [-0.4, -0.2) is 63.5 Å². The van der Waals surface area contributed by atoms with Crippen molar-refractivity contribution in [3.05, 3.63) is 0 Å². The topological polar surface area (TPSA) is 33.7 Å². The van der Waals surface area contributed by atoms with Crippen molar-refractivity contribution < 1.29 is 9.47 Å². The molecule has 18 heavy (non-hydrogen) atoms. The standard InChI is InChI=1S/C14H28N2O2/c1-2-14-13(4-9-18-14)12-15-5-3-6-16-7-10-17-11-8-16/h13-15H,2-12H2,1H3. The third-order valence-electron chi connectivity index (χ3n) is 4.09. The number of hydrogen-bond donors (Lipinski definition) is 1. The van der Waals surface area contributed by atoms with Gasteiger partial charge in [-0.05, 0) is 38.3 Å². The molecular formula is C14H28N2O2. The van der Waals surface area contributed by atoms with Gasteiger partial charge < -0.3 is 14.8 Å². The molecule has 0 aromatic carbocycles. The molecule has 0 radical (unpaired) electrons. The fourth-order valence-corrected chi connectivity index (χ4v) is 2.92. The Kier molecular flexibility index (Phi) is 6.41. The summed E-state index contributed by atoms with van der Waals surface area (Å²) in [5.41, 5.74) is 0. The lowest BCUT2D eigenvalue weighted by atomic mass is 10.00. The van der Waals surface area contributed by atoms with Crippen LogP contribution in [0.25, 0.3) is 0 Å². The molecule has 4 heteroatoms. The van der Waals surface area contributed by atoms with E-state index in [0.29, 0.717) is 6.10 Å². The van der Waals surface area contributed by atoms with Gasteiger partial charge in [-0.3, -0.25) is 4.90 Å². The second-order valence-electron chi connectivity index (χ2n) is 5.38. The highest BCUT2D eigenvalue weighted by Crippen LogP contribution is 2.22. The maximum Gasteiger partial charge on any atom is 0.0613 e. The van der Waals surface area contributed by atoms with E-state index < -0.39 is 0 Å². The third kappa shape index (κ3) is 4.50. The molecule has 2 heterocycles. The Bertz CT molecular complexity index is 220. The molecule has 0 aromatic rings. The lowest BCUT2D eigenvalue weighted by Crippen LogP contribution is -2.38. The number of nitrogens with zero attached hydrogens (tertiary/aromatic N) is 1. The number of ether oxygens (including phenoxy) is 2. The van der Waals surface area contributed by atoms with E-state index in [1.165, 1.54) is 19.4 Å².